The molecule has 0 aliphatic carbocycles. The molecule has 0 bridgehead atoms. The number of ether oxygens (including phenoxy) is 1. The van der Waals surface area contributed by atoms with Crippen LogP contribution in [0.5, 0.6) is 0 Å². The van der Waals surface area contributed by atoms with E-state index in [0.717, 1.165) is 44.0 Å². The van der Waals surface area contributed by atoms with Gasteiger partial charge in [0.1, 0.15) is 0 Å². The maximum absolute atomic E-state index is 11.3. The molecule has 0 radical (unpaired) electrons. The third-order valence-electron chi connectivity index (χ3n) is 3.56. The first-order chi connectivity index (χ1) is 9.24. The van der Waals surface area contributed by atoms with Gasteiger partial charge in [-0.05, 0) is 31.4 Å². The smallest absolute Gasteiger partial charge is 0.311 e. The summed E-state index contributed by atoms with van der Waals surface area (Å²) in [7, 11) is 0. The summed E-state index contributed by atoms with van der Waals surface area (Å²) >= 11 is 0. The highest BCUT2D eigenvalue weighted by atomic mass is 16.5. The minimum absolute atomic E-state index is 0.362. The Hall–Kier alpha value is -1.55. The Labute approximate surface area is 114 Å². The number of para-hydroxylation sites is 1. The van der Waals surface area contributed by atoms with Gasteiger partial charge in [-0.1, -0.05) is 18.2 Å². The van der Waals surface area contributed by atoms with Crippen LogP contribution in [0.15, 0.2) is 24.3 Å². The molecular formula is C15H21NO3. The third kappa shape index (κ3) is 3.26. The van der Waals surface area contributed by atoms with Crippen LogP contribution in [0.4, 0.5) is 5.69 Å². The summed E-state index contributed by atoms with van der Waals surface area (Å²) in [6.07, 6.45) is 1.65. The average Bonchev–Trinajstić information content (AvgIpc) is 2.43. The van der Waals surface area contributed by atoms with E-state index in [1.807, 2.05) is 31.2 Å². The van der Waals surface area contributed by atoms with Crippen LogP contribution in [0, 0.1) is 0 Å². The van der Waals surface area contributed by atoms with E-state index in [9.17, 15) is 9.90 Å². The van der Waals surface area contributed by atoms with Gasteiger partial charge in [-0.2, -0.15) is 0 Å². The number of carboxylic acid groups (broad SMARTS) is 1. The molecule has 1 atom stereocenters. The molecule has 1 aliphatic rings. The standard InChI is InChI=1S/C15H21NO3/c1-2-19-11-5-9-16-10-8-13(15(17)18)12-6-3-4-7-14(12)16/h3-4,6-7,13H,2,5,8-11H2,1H3,(H,17,18). The topological polar surface area (TPSA) is 49.8 Å². The molecular weight excluding hydrogens is 242 g/mol. The Morgan fingerprint density at radius 1 is 1.47 bits per heavy atom. The van der Waals surface area contributed by atoms with Gasteiger partial charge in [-0.25, -0.2) is 0 Å². The van der Waals surface area contributed by atoms with E-state index in [2.05, 4.69) is 4.90 Å². The van der Waals surface area contributed by atoms with Gasteiger partial charge in [0.25, 0.3) is 0 Å². The summed E-state index contributed by atoms with van der Waals surface area (Å²) < 4.78 is 5.35. The Balaban J connectivity index is 2.07. The average molecular weight is 263 g/mol. The molecule has 1 unspecified atom stereocenters. The second-order valence-electron chi connectivity index (χ2n) is 4.78. The normalized spacial score (nSPS) is 18.2. The number of fused-ring (bicyclic) bond motifs is 1. The van der Waals surface area contributed by atoms with E-state index < -0.39 is 5.97 Å². The van der Waals surface area contributed by atoms with Crippen molar-refractivity contribution in [3.05, 3.63) is 29.8 Å². The summed E-state index contributed by atoms with van der Waals surface area (Å²) in [5.74, 6) is -1.08. The molecule has 2 rings (SSSR count). The fourth-order valence-electron chi connectivity index (χ4n) is 2.62. The number of carboxylic acids is 1. The fraction of sp³-hybridized carbons (Fsp3) is 0.533. The number of anilines is 1. The molecule has 0 saturated carbocycles. The lowest BCUT2D eigenvalue weighted by molar-refractivity contribution is -0.139. The van der Waals surface area contributed by atoms with Crippen molar-refractivity contribution in [2.24, 2.45) is 0 Å². The van der Waals surface area contributed by atoms with Crippen LogP contribution in [0.1, 0.15) is 31.2 Å². The Bertz CT molecular complexity index is 433. The van der Waals surface area contributed by atoms with Crippen molar-refractivity contribution in [1.29, 1.82) is 0 Å². The maximum Gasteiger partial charge on any atom is 0.311 e. The zero-order chi connectivity index (χ0) is 13.7. The molecule has 1 aromatic carbocycles. The summed E-state index contributed by atoms with van der Waals surface area (Å²) in [5, 5.41) is 9.28. The maximum atomic E-state index is 11.3. The molecule has 1 aromatic rings. The summed E-state index contributed by atoms with van der Waals surface area (Å²) in [6.45, 7) is 5.23. The molecule has 19 heavy (non-hydrogen) atoms. The van der Waals surface area contributed by atoms with Crippen LogP contribution in [0.3, 0.4) is 0 Å². The number of benzene rings is 1. The molecule has 0 spiro atoms. The number of nitrogens with zero attached hydrogens (tertiary/aromatic N) is 1. The predicted octanol–water partition coefficient (Wildman–Crippen LogP) is 2.49. The Morgan fingerprint density at radius 3 is 3.00 bits per heavy atom. The fourth-order valence-corrected chi connectivity index (χ4v) is 2.62. The predicted molar refractivity (Wildman–Crippen MR) is 74.8 cm³/mol. The van der Waals surface area contributed by atoms with Crippen LogP contribution >= 0.6 is 0 Å². The second-order valence-corrected chi connectivity index (χ2v) is 4.78. The van der Waals surface area contributed by atoms with Gasteiger partial charge < -0.3 is 14.7 Å². The third-order valence-corrected chi connectivity index (χ3v) is 3.56. The van der Waals surface area contributed by atoms with Gasteiger partial charge in [0.05, 0.1) is 5.92 Å². The van der Waals surface area contributed by atoms with E-state index in [1.54, 1.807) is 0 Å². The highest BCUT2D eigenvalue weighted by molar-refractivity contribution is 5.80. The molecule has 104 valence electrons. The molecule has 0 aromatic heterocycles. The number of aliphatic carboxylic acids is 1. The van der Waals surface area contributed by atoms with Crippen LogP contribution < -0.4 is 4.90 Å². The molecule has 1 heterocycles. The van der Waals surface area contributed by atoms with Crippen molar-refractivity contribution in [3.8, 4) is 0 Å². The second kappa shape index (κ2) is 6.57. The van der Waals surface area contributed by atoms with Gasteiger partial charge >= 0.3 is 5.97 Å². The van der Waals surface area contributed by atoms with E-state index in [0.29, 0.717) is 6.42 Å². The van der Waals surface area contributed by atoms with Crippen molar-refractivity contribution in [1.82, 2.24) is 0 Å². The summed E-state index contributed by atoms with van der Waals surface area (Å²) in [6, 6.07) is 7.84. The first kappa shape index (κ1) is 13.9. The minimum Gasteiger partial charge on any atom is -0.481 e. The zero-order valence-corrected chi connectivity index (χ0v) is 11.3. The lowest BCUT2D eigenvalue weighted by Gasteiger charge is -2.34. The van der Waals surface area contributed by atoms with Gasteiger partial charge in [-0.15, -0.1) is 0 Å². The van der Waals surface area contributed by atoms with E-state index in [1.165, 1.54) is 0 Å². The van der Waals surface area contributed by atoms with Crippen molar-refractivity contribution in [3.63, 3.8) is 0 Å². The van der Waals surface area contributed by atoms with E-state index in [4.69, 9.17) is 4.74 Å². The highest BCUT2D eigenvalue weighted by Crippen LogP contribution is 2.35. The van der Waals surface area contributed by atoms with Crippen LogP contribution in [-0.4, -0.2) is 37.4 Å². The quantitative estimate of drug-likeness (QED) is 0.801. The molecule has 0 saturated heterocycles. The number of hydrogen-bond acceptors (Lipinski definition) is 3. The zero-order valence-electron chi connectivity index (χ0n) is 11.3. The summed E-state index contributed by atoms with van der Waals surface area (Å²) in [4.78, 5) is 13.6. The van der Waals surface area contributed by atoms with Gasteiger partial charge in [-0.3, -0.25) is 4.79 Å². The molecule has 0 amide bonds. The highest BCUT2D eigenvalue weighted by Gasteiger charge is 2.29. The van der Waals surface area contributed by atoms with Crippen molar-refractivity contribution in [2.45, 2.75) is 25.7 Å². The SMILES string of the molecule is CCOCCCN1CCC(C(=O)O)c2ccccc21. The number of carbonyl (C=O) groups is 1. The van der Waals surface area contributed by atoms with Crippen LogP contribution in [0.2, 0.25) is 0 Å². The lowest BCUT2D eigenvalue weighted by Crippen LogP contribution is -2.34. The first-order valence-corrected chi connectivity index (χ1v) is 6.88. The molecule has 0 fully saturated rings. The monoisotopic (exact) mass is 263 g/mol. The van der Waals surface area contributed by atoms with Gasteiger partial charge in [0.15, 0.2) is 0 Å². The molecule has 4 heteroatoms. The number of hydrogen-bond donors (Lipinski definition) is 1. The van der Waals surface area contributed by atoms with Crippen LogP contribution in [0.25, 0.3) is 0 Å². The van der Waals surface area contributed by atoms with Gasteiger partial charge in [0, 0.05) is 32.0 Å². The van der Waals surface area contributed by atoms with E-state index >= 15 is 0 Å². The van der Waals surface area contributed by atoms with Crippen molar-refractivity contribution in [2.75, 3.05) is 31.2 Å². The van der Waals surface area contributed by atoms with Gasteiger partial charge in [0.2, 0.25) is 0 Å². The first-order valence-electron chi connectivity index (χ1n) is 6.88. The lowest BCUT2D eigenvalue weighted by atomic mass is 9.90. The Morgan fingerprint density at radius 2 is 2.26 bits per heavy atom. The van der Waals surface area contributed by atoms with Crippen molar-refractivity contribution < 1.29 is 14.6 Å². The minimum atomic E-state index is -0.721. The van der Waals surface area contributed by atoms with E-state index in [-0.39, 0.29) is 5.92 Å². The molecule has 1 aliphatic heterocycles. The van der Waals surface area contributed by atoms with Crippen molar-refractivity contribution >= 4 is 11.7 Å². The van der Waals surface area contributed by atoms with Crippen LogP contribution in [-0.2, 0) is 9.53 Å². The molecule has 4 nitrogen and oxygen atoms in total. The number of rotatable bonds is 6. The largest absolute Gasteiger partial charge is 0.481 e. The molecule has 1 N–H and O–H groups in total. The Kier molecular flexibility index (Phi) is 4.80. The summed E-state index contributed by atoms with van der Waals surface area (Å²) in [5.41, 5.74) is 2.01.